The number of thioether (sulfide) groups is 1. The Morgan fingerprint density at radius 2 is 2.42 bits per heavy atom. The molecule has 1 aromatic heterocycles. The lowest BCUT2D eigenvalue weighted by molar-refractivity contribution is -0.122. The van der Waals surface area contributed by atoms with Crippen LogP contribution in [0.4, 0.5) is 0 Å². The average Bonchev–Trinajstić information content (AvgIpc) is 3.20. The van der Waals surface area contributed by atoms with E-state index in [9.17, 15) is 4.79 Å². The van der Waals surface area contributed by atoms with Crippen molar-refractivity contribution in [1.82, 2.24) is 10.3 Å². The Morgan fingerprint density at radius 1 is 1.63 bits per heavy atom. The van der Waals surface area contributed by atoms with Crippen LogP contribution in [0.1, 0.15) is 18.5 Å². The van der Waals surface area contributed by atoms with Crippen molar-refractivity contribution in [2.45, 2.75) is 30.2 Å². The lowest BCUT2D eigenvalue weighted by Crippen LogP contribution is -2.47. The highest BCUT2D eigenvalue weighted by molar-refractivity contribution is 7.98. The van der Waals surface area contributed by atoms with Crippen LogP contribution in [0, 0.1) is 11.3 Å². The Hall–Kier alpha value is -1.58. The zero-order valence-electron chi connectivity index (χ0n) is 10.5. The fraction of sp³-hybridized carbons (Fsp3) is 0.462. The van der Waals surface area contributed by atoms with Gasteiger partial charge in [-0.15, -0.1) is 0 Å². The molecular weight excluding hydrogens is 260 g/mol. The Morgan fingerprint density at radius 3 is 3.00 bits per heavy atom. The fourth-order valence-electron chi connectivity index (χ4n) is 1.57. The third kappa shape index (κ3) is 3.94. The number of nitrogens with one attached hydrogen (secondary N) is 1. The summed E-state index contributed by atoms with van der Waals surface area (Å²) in [5, 5.41) is 11.6. The predicted octanol–water partition coefficient (Wildman–Crippen LogP) is 0.814. The molecule has 0 saturated heterocycles. The number of nitrogens with two attached hydrogens (primary N) is 1. The van der Waals surface area contributed by atoms with Crippen LogP contribution in [0.5, 0.6) is 0 Å². The minimum absolute atomic E-state index is 0.243. The van der Waals surface area contributed by atoms with E-state index in [1.807, 2.05) is 18.2 Å². The third-order valence-electron chi connectivity index (χ3n) is 2.94. The van der Waals surface area contributed by atoms with Crippen molar-refractivity contribution in [3.8, 4) is 6.07 Å². The second-order valence-electron chi connectivity index (χ2n) is 4.63. The summed E-state index contributed by atoms with van der Waals surface area (Å²) in [4.78, 5) is 16.0. The first-order chi connectivity index (χ1) is 9.15. The first-order valence-corrected chi connectivity index (χ1v) is 7.27. The number of nitrogens with zero attached hydrogens (tertiary/aromatic N) is 2. The summed E-state index contributed by atoms with van der Waals surface area (Å²) in [6, 6.07) is 7.27. The highest BCUT2D eigenvalue weighted by Gasteiger charge is 2.45. The number of hydrogen-bond acceptors (Lipinski definition) is 5. The molecule has 1 unspecified atom stereocenters. The van der Waals surface area contributed by atoms with Gasteiger partial charge in [0.2, 0.25) is 5.91 Å². The summed E-state index contributed by atoms with van der Waals surface area (Å²) in [5.41, 5.74) is 6.14. The summed E-state index contributed by atoms with van der Waals surface area (Å²) in [6.45, 7) is 0. The largest absolute Gasteiger partial charge is 0.336 e. The molecule has 100 valence electrons. The molecule has 19 heavy (non-hydrogen) atoms. The maximum absolute atomic E-state index is 11.8. The van der Waals surface area contributed by atoms with Gasteiger partial charge in [-0.1, -0.05) is 6.07 Å². The van der Waals surface area contributed by atoms with Crippen LogP contribution >= 0.6 is 11.8 Å². The van der Waals surface area contributed by atoms with Crippen molar-refractivity contribution >= 4 is 17.7 Å². The zero-order valence-corrected chi connectivity index (χ0v) is 11.3. The van der Waals surface area contributed by atoms with Crippen molar-refractivity contribution in [3.63, 3.8) is 0 Å². The lowest BCUT2D eigenvalue weighted by Gasteiger charge is -2.14. The normalized spacial score (nSPS) is 17.3. The molecule has 1 amide bonds. The van der Waals surface area contributed by atoms with Gasteiger partial charge in [0.25, 0.3) is 0 Å². The van der Waals surface area contributed by atoms with Crippen molar-refractivity contribution in [3.05, 3.63) is 30.1 Å². The van der Waals surface area contributed by atoms with Crippen molar-refractivity contribution in [2.75, 3.05) is 5.75 Å². The number of aromatic nitrogens is 1. The summed E-state index contributed by atoms with van der Waals surface area (Å²) >= 11 is 1.57. The second-order valence-corrected chi connectivity index (χ2v) is 5.66. The topological polar surface area (TPSA) is 91.8 Å². The zero-order chi connectivity index (χ0) is 13.7. The van der Waals surface area contributed by atoms with Crippen LogP contribution in [0.3, 0.4) is 0 Å². The quantitative estimate of drug-likeness (QED) is 0.802. The van der Waals surface area contributed by atoms with Gasteiger partial charge in [0.15, 0.2) is 0 Å². The van der Waals surface area contributed by atoms with Gasteiger partial charge >= 0.3 is 0 Å². The molecule has 1 atom stereocenters. The molecule has 1 fully saturated rings. The predicted molar refractivity (Wildman–Crippen MR) is 74.1 cm³/mol. The molecule has 0 spiro atoms. The summed E-state index contributed by atoms with van der Waals surface area (Å²) in [5.74, 6) is 1.00. The lowest BCUT2D eigenvalue weighted by atomic mass is 10.2. The molecule has 0 aliphatic heterocycles. The van der Waals surface area contributed by atoms with Gasteiger partial charge in [0, 0.05) is 17.7 Å². The van der Waals surface area contributed by atoms with E-state index in [1.54, 1.807) is 18.0 Å². The molecule has 1 aliphatic rings. The highest BCUT2D eigenvalue weighted by Crippen LogP contribution is 2.34. The molecule has 0 bridgehead atoms. The number of amides is 1. The van der Waals surface area contributed by atoms with Crippen LogP contribution in [0.25, 0.3) is 0 Å². The third-order valence-corrected chi connectivity index (χ3v) is 4.03. The molecule has 0 aromatic carbocycles. The van der Waals surface area contributed by atoms with Gasteiger partial charge in [-0.25, -0.2) is 0 Å². The van der Waals surface area contributed by atoms with E-state index in [1.165, 1.54) is 0 Å². The van der Waals surface area contributed by atoms with Crippen LogP contribution < -0.4 is 11.1 Å². The smallest absolute Gasteiger partial charge is 0.239 e. The second kappa shape index (κ2) is 6.04. The average molecular weight is 276 g/mol. The molecule has 2 rings (SSSR count). The summed E-state index contributed by atoms with van der Waals surface area (Å²) < 4.78 is 0. The van der Waals surface area contributed by atoms with E-state index < -0.39 is 11.6 Å². The number of carbonyl (C=O) groups is 1. The molecule has 3 N–H and O–H groups in total. The molecule has 1 heterocycles. The van der Waals surface area contributed by atoms with Gasteiger partial charge in [-0.3, -0.25) is 9.78 Å². The van der Waals surface area contributed by atoms with Crippen LogP contribution in [0.2, 0.25) is 0 Å². The van der Waals surface area contributed by atoms with Crippen molar-refractivity contribution in [2.24, 2.45) is 5.73 Å². The maximum Gasteiger partial charge on any atom is 0.239 e. The first-order valence-electron chi connectivity index (χ1n) is 6.12. The minimum Gasteiger partial charge on any atom is -0.336 e. The fourth-order valence-corrected chi connectivity index (χ4v) is 2.47. The van der Waals surface area contributed by atoms with Crippen LogP contribution in [0.15, 0.2) is 24.4 Å². The molecule has 1 saturated carbocycles. The number of carbonyl (C=O) groups excluding carboxylic acids is 1. The van der Waals surface area contributed by atoms with E-state index in [2.05, 4.69) is 16.4 Å². The van der Waals surface area contributed by atoms with Crippen molar-refractivity contribution < 1.29 is 4.79 Å². The molecule has 6 heteroatoms. The summed E-state index contributed by atoms with van der Waals surface area (Å²) in [7, 11) is 0. The van der Waals surface area contributed by atoms with Crippen molar-refractivity contribution in [1.29, 1.82) is 5.26 Å². The van der Waals surface area contributed by atoms with Gasteiger partial charge < -0.3 is 11.1 Å². The Labute approximate surface area is 116 Å². The van der Waals surface area contributed by atoms with E-state index >= 15 is 0 Å². The first kappa shape index (κ1) is 13.8. The maximum atomic E-state index is 11.8. The van der Waals surface area contributed by atoms with E-state index in [4.69, 9.17) is 11.0 Å². The molecule has 1 aliphatic carbocycles. The number of hydrogen-bond donors (Lipinski definition) is 2. The SMILES string of the molecule is N#CC1(NC(=O)C(N)CSCc2ccccn2)CC1. The van der Waals surface area contributed by atoms with Crippen LogP contribution in [-0.2, 0) is 10.5 Å². The minimum atomic E-state index is -0.639. The van der Waals surface area contributed by atoms with Gasteiger partial charge in [-0.05, 0) is 25.0 Å². The van der Waals surface area contributed by atoms with Crippen LogP contribution in [-0.4, -0.2) is 28.2 Å². The monoisotopic (exact) mass is 276 g/mol. The summed E-state index contributed by atoms with van der Waals surface area (Å²) in [6.07, 6.45) is 3.19. The standard InChI is InChI=1S/C13H16N4OS/c14-9-13(4-5-13)17-12(18)11(15)8-19-7-10-3-1-2-6-16-10/h1-3,6,11H,4-5,7-8,15H2,(H,17,18). The highest BCUT2D eigenvalue weighted by atomic mass is 32.2. The molecule has 0 radical (unpaired) electrons. The van der Waals surface area contributed by atoms with Gasteiger partial charge in [0.1, 0.15) is 5.54 Å². The number of nitriles is 1. The Kier molecular flexibility index (Phi) is 4.40. The number of pyridine rings is 1. The Balaban J connectivity index is 1.71. The molecule has 1 aromatic rings. The molecule has 5 nitrogen and oxygen atoms in total. The van der Waals surface area contributed by atoms with E-state index in [-0.39, 0.29) is 5.91 Å². The van der Waals surface area contributed by atoms with Gasteiger partial charge in [0.05, 0.1) is 17.8 Å². The van der Waals surface area contributed by atoms with Gasteiger partial charge in [-0.2, -0.15) is 17.0 Å². The Bertz CT molecular complexity index is 481. The van der Waals surface area contributed by atoms with E-state index in [0.29, 0.717) is 5.75 Å². The molecular formula is C13H16N4OS. The number of rotatable bonds is 6. The van der Waals surface area contributed by atoms with E-state index in [0.717, 1.165) is 24.3 Å².